The molecule has 1 saturated heterocycles. The lowest BCUT2D eigenvalue weighted by atomic mass is 9.95. The van der Waals surface area contributed by atoms with Crippen LogP contribution >= 0.6 is 0 Å². The number of imidazole rings is 1. The van der Waals surface area contributed by atoms with E-state index in [-0.39, 0.29) is 0 Å². The summed E-state index contributed by atoms with van der Waals surface area (Å²) in [5.41, 5.74) is -0.481. The molecule has 0 amide bonds. The second-order valence-corrected chi connectivity index (χ2v) is 4.76. The molecular formula is C14H14N2O4. The summed E-state index contributed by atoms with van der Waals surface area (Å²) in [6.45, 7) is -0.436. The summed E-state index contributed by atoms with van der Waals surface area (Å²) in [6.07, 6.45) is 3.53. The van der Waals surface area contributed by atoms with E-state index in [4.69, 9.17) is 11.2 Å². The second kappa shape index (κ2) is 4.58. The summed E-state index contributed by atoms with van der Waals surface area (Å²) in [5.74, 6) is 2.18. The molecule has 1 fully saturated rings. The number of aliphatic hydroxyl groups is 3. The lowest BCUT2D eigenvalue weighted by Gasteiger charge is -2.26. The molecule has 2 aromatic rings. The number of fused-ring (bicyclic) bond motifs is 1. The average molecular weight is 274 g/mol. The summed E-state index contributed by atoms with van der Waals surface area (Å²) in [7, 11) is 0. The normalized spacial score (nSPS) is 33.4. The van der Waals surface area contributed by atoms with E-state index in [1.54, 1.807) is 10.6 Å². The summed E-state index contributed by atoms with van der Waals surface area (Å²) < 4.78 is 7.08. The molecular weight excluding hydrogens is 260 g/mol. The second-order valence-electron chi connectivity index (χ2n) is 4.76. The average Bonchev–Trinajstić information content (AvgIpc) is 3.00. The maximum absolute atomic E-state index is 10.5. The van der Waals surface area contributed by atoms with Crippen molar-refractivity contribution in [2.75, 3.05) is 6.61 Å². The number of para-hydroxylation sites is 2. The highest BCUT2D eigenvalue weighted by molar-refractivity contribution is 5.75. The Morgan fingerprint density at radius 2 is 2.20 bits per heavy atom. The van der Waals surface area contributed by atoms with Gasteiger partial charge in [-0.1, -0.05) is 18.1 Å². The first-order valence-electron chi connectivity index (χ1n) is 6.18. The van der Waals surface area contributed by atoms with Gasteiger partial charge in [0.25, 0.3) is 0 Å². The van der Waals surface area contributed by atoms with Crippen LogP contribution in [-0.2, 0) is 4.74 Å². The van der Waals surface area contributed by atoms with Gasteiger partial charge in [0.1, 0.15) is 12.2 Å². The zero-order valence-corrected chi connectivity index (χ0v) is 10.5. The molecule has 1 aromatic heterocycles. The topological polar surface area (TPSA) is 87.7 Å². The van der Waals surface area contributed by atoms with Crippen molar-refractivity contribution in [2.24, 2.45) is 0 Å². The van der Waals surface area contributed by atoms with Crippen LogP contribution < -0.4 is 0 Å². The number of hydrogen-bond donors (Lipinski definition) is 3. The molecule has 0 spiro atoms. The number of ether oxygens (including phenoxy) is 1. The molecule has 3 N–H and O–H groups in total. The van der Waals surface area contributed by atoms with E-state index in [1.165, 1.54) is 6.33 Å². The molecule has 104 valence electrons. The van der Waals surface area contributed by atoms with Crippen molar-refractivity contribution in [1.82, 2.24) is 9.55 Å². The molecule has 20 heavy (non-hydrogen) atoms. The molecule has 0 saturated carbocycles. The van der Waals surface area contributed by atoms with E-state index in [0.717, 1.165) is 11.0 Å². The summed E-state index contributed by atoms with van der Waals surface area (Å²) in [6, 6.07) is 7.29. The van der Waals surface area contributed by atoms with Crippen LogP contribution in [0, 0.1) is 12.3 Å². The largest absolute Gasteiger partial charge is 0.394 e. The first-order valence-corrected chi connectivity index (χ1v) is 6.18. The van der Waals surface area contributed by atoms with Gasteiger partial charge < -0.3 is 20.1 Å². The Labute approximate surface area is 115 Å². The van der Waals surface area contributed by atoms with Crippen molar-refractivity contribution in [2.45, 2.75) is 24.0 Å². The lowest BCUT2D eigenvalue weighted by Crippen LogP contribution is -2.45. The fourth-order valence-corrected chi connectivity index (χ4v) is 2.52. The van der Waals surface area contributed by atoms with Gasteiger partial charge in [0.05, 0.1) is 24.0 Å². The minimum absolute atomic E-state index is 0.436. The molecule has 1 aliphatic heterocycles. The third-order valence-electron chi connectivity index (χ3n) is 3.63. The number of rotatable bonds is 2. The minimum Gasteiger partial charge on any atom is -0.394 e. The van der Waals surface area contributed by atoms with Crippen LogP contribution in [0.2, 0.25) is 0 Å². The van der Waals surface area contributed by atoms with Crippen LogP contribution in [-0.4, -0.2) is 49.3 Å². The van der Waals surface area contributed by atoms with E-state index in [1.807, 2.05) is 18.2 Å². The maximum atomic E-state index is 10.5. The van der Waals surface area contributed by atoms with Gasteiger partial charge >= 0.3 is 0 Å². The molecule has 6 heteroatoms. The van der Waals surface area contributed by atoms with Gasteiger partial charge in [-0.25, -0.2) is 4.98 Å². The summed E-state index contributed by atoms with van der Waals surface area (Å²) in [4.78, 5) is 4.20. The van der Waals surface area contributed by atoms with Crippen LogP contribution in [0.25, 0.3) is 11.0 Å². The molecule has 2 heterocycles. The van der Waals surface area contributed by atoms with Gasteiger partial charge in [-0.3, -0.25) is 4.57 Å². The Kier molecular flexibility index (Phi) is 3.00. The first kappa shape index (κ1) is 13.1. The van der Waals surface area contributed by atoms with Crippen LogP contribution in [0.5, 0.6) is 0 Å². The van der Waals surface area contributed by atoms with Crippen molar-refractivity contribution in [3.63, 3.8) is 0 Å². The first-order chi connectivity index (χ1) is 9.61. The molecule has 0 radical (unpaired) electrons. The minimum atomic E-state index is -1.92. The maximum Gasteiger partial charge on any atom is 0.199 e. The monoisotopic (exact) mass is 274 g/mol. The molecule has 6 nitrogen and oxygen atoms in total. The molecule has 4 atom stereocenters. The highest BCUT2D eigenvalue weighted by Crippen LogP contribution is 2.39. The van der Waals surface area contributed by atoms with Crippen LogP contribution in [0.15, 0.2) is 30.6 Å². The van der Waals surface area contributed by atoms with Crippen molar-refractivity contribution in [3.8, 4) is 12.3 Å². The number of benzene rings is 1. The predicted molar refractivity (Wildman–Crippen MR) is 70.5 cm³/mol. The predicted octanol–water partition coefficient (Wildman–Crippen LogP) is -0.349. The van der Waals surface area contributed by atoms with Gasteiger partial charge in [0.15, 0.2) is 11.8 Å². The van der Waals surface area contributed by atoms with E-state index < -0.39 is 30.6 Å². The molecule has 3 rings (SSSR count). The van der Waals surface area contributed by atoms with E-state index in [9.17, 15) is 15.3 Å². The Hall–Kier alpha value is -1.91. The Morgan fingerprint density at radius 1 is 1.45 bits per heavy atom. The van der Waals surface area contributed by atoms with Gasteiger partial charge in [0, 0.05) is 0 Å². The van der Waals surface area contributed by atoms with Gasteiger partial charge in [-0.05, 0) is 12.1 Å². The van der Waals surface area contributed by atoms with Crippen LogP contribution in [0.4, 0.5) is 0 Å². The van der Waals surface area contributed by atoms with Crippen molar-refractivity contribution >= 4 is 11.0 Å². The summed E-state index contributed by atoms with van der Waals surface area (Å²) in [5, 5.41) is 29.7. The van der Waals surface area contributed by atoms with Crippen molar-refractivity contribution < 1.29 is 20.1 Å². The molecule has 0 unspecified atom stereocenters. The summed E-state index contributed by atoms with van der Waals surface area (Å²) >= 11 is 0. The number of aliphatic hydroxyl groups excluding tert-OH is 2. The molecule has 0 aliphatic carbocycles. The third-order valence-corrected chi connectivity index (χ3v) is 3.63. The number of hydrogen-bond acceptors (Lipinski definition) is 5. The van der Waals surface area contributed by atoms with E-state index in [2.05, 4.69) is 10.9 Å². The third kappa shape index (κ3) is 1.65. The zero-order chi connectivity index (χ0) is 14.3. The Balaban J connectivity index is 2.11. The Morgan fingerprint density at radius 3 is 2.90 bits per heavy atom. The Bertz CT molecular complexity index is 677. The van der Waals surface area contributed by atoms with Crippen molar-refractivity contribution in [1.29, 1.82) is 0 Å². The smallest absolute Gasteiger partial charge is 0.199 e. The standard InChI is InChI=1S/C14H14N2O4/c1-2-14(19)12(18)11(7-17)20-13(14)16-8-15-9-5-3-4-6-10(9)16/h1,3-6,8,11-13,17-19H,7H2/t11-,12-,13-,14+/m1/s1. The molecule has 1 aromatic carbocycles. The van der Waals surface area contributed by atoms with Crippen LogP contribution in [0.3, 0.4) is 0 Å². The molecule has 1 aliphatic rings. The quantitative estimate of drug-likeness (QED) is 0.652. The van der Waals surface area contributed by atoms with Gasteiger partial charge in [-0.2, -0.15) is 0 Å². The number of aromatic nitrogens is 2. The fourth-order valence-electron chi connectivity index (χ4n) is 2.52. The zero-order valence-electron chi connectivity index (χ0n) is 10.5. The highest BCUT2D eigenvalue weighted by Gasteiger charge is 2.55. The van der Waals surface area contributed by atoms with Gasteiger partial charge in [-0.15, -0.1) is 6.42 Å². The SMILES string of the molecule is C#C[C@]1(O)[C@H](O)[C@@H](CO)O[C@H]1n1cnc2ccccc21. The lowest BCUT2D eigenvalue weighted by molar-refractivity contribution is -0.0718. The van der Waals surface area contributed by atoms with Gasteiger partial charge in [0.2, 0.25) is 0 Å². The van der Waals surface area contributed by atoms with Crippen LogP contribution in [0.1, 0.15) is 6.23 Å². The fraction of sp³-hybridized carbons (Fsp3) is 0.357. The number of nitrogens with zero attached hydrogens (tertiary/aromatic N) is 2. The van der Waals surface area contributed by atoms with Crippen molar-refractivity contribution in [3.05, 3.63) is 30.6 Å². The highest BCUT2D eigenvalue weighted by atomic mass is 16.6. The van der Waals surface area contributed by atoms with E-state index in [0.29, 0.717) is 0 Å². The number of terminal acetylenes is 1. The molecule has 0 bridgehead atoms. The van der Waals surface area contributed by atoms with E-state index >= 15 is 0 Å².